The molecule has 0 heterocycles. The molecular formula is C15H15Br2NO2. The van der Waals surface area contributed by atoms with Crippen LogP contribution in [0, 0.1) is 0 Å². The van der Waals surface area contributed by atoms with Crippen molar-refractivity contribution in [2.24, 2.45) is 5.73 Å². The van der Waals surface area contributed by atoms with E-state index < -0.39 is 0 Å². The van der Waals surface area contributed by atoms with Gasteiger partial charge in [-0.25, -0.2) is 0 Å². The summed E-state index contributed by atoms with van der Waals surface area (Å²) in [5.74, 6) is 1.50. The molecule has 3 nitrogen and oxygen atoms in total. The summed E-state index contributed by atoms with van der Waals surface area (Å²) >= 11 is 6.89. The van der Waals surface area contributed by atoms with Crippen molar-refractivity contribution in [3.8, 4) is 11.5 Å². The van der Waals surface area contributed by atoms with Gasteiger partial charge in [0.1, 0.15) is 11.5 Å². The van der Waals surface area contributed by atoms with E-state index in [2.05, 4.69) is 31.9 Å². The third kappa shape index (κ3) is 3.16. The van der Waals surface area contributed by atoms with Crippen molar-refractivity contribution in [3.63, 3.8) is 0 Å². The summed E-state index contributed by atoms with van der Waals surface area (Å²) in [6.07, 6.45) is 0. The standard InChI is InChI=1S/C15H15Br2NO2/c1-19-13-6-4-9(16)7-12(13)15(18)11-5-3-10(17)8-14(11)20-2/h3-8,15H,18H2,1-2H3. The topological polar surface area (TPSA) is 44.5 Å². The second-order valence-corrected chi connectivity index (χ2v) is 6.08. The van der Waals surface area contributed by atoms with Crippen LogP contribution in [-0.4, -0.2) is 14.2 Å². The molecule has 5 heteroatoms. The zero-order valence-corrected chi connectivity index (χ0v) is 14.4. The number of rotatable bonds is 4. The predicted molar refractivity (Wildman–Crippen MR) is 87.4 cm³/mol. The Morgan fingerprint density at radius 1 is 0.850 bits per heavy atom. The Labute approximate surface area is 135 Å². The van der Waals surface area contributed by atoms with Crippen LogP contribution in [0.25, 0.3) is 0 Å². The molecule has 2 rings (SSSR count). The van der Waals surface area contributed by atoms with Gasteiger partial charge in [-0.3, -0.25) is 0 Å². The second kappa shape index (κ2) is 6.61. The maximum absolute atomic E-state index is 6.39. The van der Waals surface area contributed by atoms with Crippen LogP contribution in [-0.2, 0) is 0 Å². The van der Waals surface area contributed by atoms with E-state index in [-0.39, 0.29) is 6.04 Å². The minimum absolute atomic E-state index is 0.328. The molecule has 1 atom stereocenters. The SMILES string of the molecule is COc1cc(Br)ccc1C(N)c1cc(Br)ccc1OC. The molecule has 0 aromatic heterocycles. The van der Waals surface area contributed by atoms with Crippen molar-refractivity contribution in [2.75, 3.05) is 14.2 Å². The molecule has 20 heavy (non-hydrogen) atoms. The Bertz CT molecular complexity index is 617. The molecule has 2 aromatic carbocycles. The highest BCUT2D eigenvalue weighted by Crippen LogP contribution is 2.35. The van der Waals surface area contributed by atoms with Crippen LogP contribution in [0.4, 0.5) is 0 Å². The molecule has 2 aromatic rings. The number of benzene rings is 2. The van der Waals surface area contributed by atoms with Gasteiger partial charge in [0, 0.05) is 20.1 Å². The third-order valence-electron chi connectivity index (χ3n) is 3.06. The average molecular weight is 401 g/mol. The Morgan fingerprint density at radius 2 is 1.45 bits per heavy atom. The van der Waals surface area contributed by atoms with Crippen molar-refractivity contribution < 1.29 is 9.47 Å². The summed E-state index contributed by atoms with van der Waals surface area (Å²) in [5.41, 5.74) is 8.21. The lowest BCUT2D eigenvalue weighted by molar-refractivity contribution is 0.400. The van der Waals surface area contributed by atoms with E-state index in [1.54, 1.807) is 14.2 Å². The summed E-state index contributed by atoms with van der Waals surface area (Å²) in [5, 5.41) is 0. The van der Waals surface area contributed by atoms with Gasteiger partial charge in [-0.15, -0.1) is 0 Å². The lowest BCUT2D eigenvalue weighted by Gasteiger charge is -2.19. The maximum atomic E-state index is 6.39. The fraction of sp³-hybridized carbons (Fsp3) is 0.200. The van der Waals surface area contributed by atoms with Crippen LogP contribution in [0.15, 0.2) is 45.3 Å². The van der Waals surface area contributed by atoms with Crippen molar-refractivity contribution in [2.45, 2.75) is 6.04 Å². The van der Waals surface area contributed by atoms with Gasteiger partial charge in [0.05, 0.1) is 20.3 Å². The lowest BCUT2D eigenvalue weighted by atomic mass is 9.98. The molecule has 0 amide bonds. The first-order valence-corrected chi connectivity index (χ1v) is 7.58. The third-order valence-corrected chi connectivity index (χ3v) is 4.04. The van der Waals surface area contributed by atoms with Gasteiger partial charge in [-0.2, -0.15) is 0 Å². The van der Waals surface area contributed by atoms with Gasteiger partial charge in [-0.05, 0) is 30.3 Å². The first-order valence-electron chi connectivity index (χ1n) is 5.99. The molecular weight excluding hydrogens is 386 g/mol. The Kier molecular flexibility index (Phi) is 5.07. The van der Waals surface area contributed by atoms with Crippen LogP contribution in [0.1, 0.15) is 17.2 Å². The number of methoxy groups -OCH3 is 2. The van der Waals surface area contributed by atoms with E-state index in [1.807, 2.05) is 36.4 Å². The number of halogens is 2. The first kappa shape index (κ1) is 15.4. The highest BCUT2D eigenvalue weighted by atomic mass is 79.9. The highest BCUT2D eigenvalue weighted by Gasteiger charge is 2.18. The van der Waals surface area contributed by atoms with Crippen LogP contribution < -0.4 is 15.2 Å². The normalized spacial score (nSPS) is 12.1. The first-order chi connectivity index (χ1) is 9.56. The molecule has 0 radical (unpaired) electrons. The zero-order chi connectivity index (χ0) is 14.7. The largest absolute Gasteiger partial charge is 0.496 e. The van der Waals surface area contributed by atoms with E-state index in [4.69, 9.17) is 15.2 Å². The van der Waals surface area contributed by atoms with Crippen LogP contribution in [0.3, 0.4) is 0 Å². The van der Waals surface area contributed by atoms with Crippen LogP contribution in [0.5, 0.6) is 11.5 Å². The Hall–Kier alpha value is -1.04. The Balaban J connectivity index is 2.51. The van der Waals surface area contributed by atoms with Gasteiger partial charge in [0.15, 0.2) is 0 Å². The number of nitrogens with two attached hydrogens (primary N) is 1. The summed E-state index contributed by atoms with van der Waals surface area (Å²) in [6, 6.07) is 11.3. The minimum atomic E-state index is -0.328. The predicted octanol–water partition coefficient (Wildman–Crippen LogP) is 4.28. The molecule has 0 aliphatic heterocycles. The van der Waals surface area contributed by atoms with Gasteiger partial charge < -0.3 is 15.2 Å². The van der Waals surface area contributed by atoms with Crippen molar-refractivity contribution in [1.29, 1.82) is 0 Å². The Morgan fingerprint density at radius 3 is 2.10 bits per heavy atom. The fourth-order valence-corrected chi connectivity index (χ4v) is 2.78. The molecule has 0 spiro atoms. The van der Waals surface area contributed by atoms with E-state index in [1.165, 1.54) is 0 Å². The van der Waals surface area contributed by atoms with E-state index >= 15 is 0 Å². The molecule has 1 unspecified atom stereocenters. The second-order valence-electron chi connectivity index (χ2n) is 4.25. The molecule has 0 aliphatic rings. The number of hydrogen-bond donors (Lipinski definition) is 1. The fourth-order valence-electron chi connectivity index (χ4n) is 2.06. The quantitative estimate of drug-likeness (QED) is 0.832. The van der Waals surface area contributed by atoms with E-state index in [0.717, 1.165) is 31.6 Å². The van der Waals surface area contributed by atoms with Gasteiger partial charge >= 0.3 is 0 Å². The number of hydrogen-bond acceptors (Lipinski definition) is 3. The maximum Gasteiger partial charge on any atom is 0.125 e. The average Bonchev–Trinajstić information content (AvgIpc) is 2.46. The molecule has 0 bridgehead atoms. The lowest BCUT2D eigenvalue weighted by Crippen LogP contribution is -2.14. The van der Waals surface area contributed by atoms with Gasteiger partial charge in [0.25, 0.3) is 0 Å². The summed E-state index contributed by atoms with van der Waals surface area (Å²) in [4.78, 5) is 0. The van der Waals surface area contributed by atoms with Gasteiger partial charge in [-0.1, -0.05) is 37.9 Å². The molecule has 106 valence electrons. The summed E-state index contributed by atoms with van der Waals surface area (Å²) in [7, 11) is 3.27. The minimum Gasteiger partial charge on any atom is -0.496 e. The van der Waals surface area contributed by atoms with Crippen molar-refractivity contribution in [1.82, 2.24) is 0 Å². The highest BCUT2D eigenvalue weighted by molar-refractivity contribution is 9.10. The van der Waals surface area contributed by atoms with Crippen molar-refractivity contribution in [3.05, 3.63) is 56.5 Å². The molecule has 0 saturated heterocycles. The molecule has 0 aliphatic carbocycles. The van der Waals surface area contributed by atoms with Crippen LogP contribution in [0.2, 0.25) is 0 Å². The van der Waals surface area contributed by atoms with E-state index in [0.29, 0.717) is 0 Å². The monoisotopic (exact) mass is 399 g/mol. The zero-order valence-electron chi connectivity index (χ0n) is 11.2. The van der Waals surface area contributed by atoms with E-state index in [9.17, 15) is 0 Å². The van der Waals surface area contributed by atoms with Crippen LogP contribution >= 0.6 is 31.9 Å². The number of ether oxygens (including phenoxy) is 2. The molecule has 0 fully saturated rings. The molecule has 2 N–H and O–H groups in total. The van der Waals surface area contributed by atoms with Crippen molar-refractivity contribution >= 4 is 31.9 Å². The summed E-state index contributed by atoms with van der Waals surface area (Å²) in [6.45, 7) is 0. The molecule has 0 saturated carbocycles. The van der Waals surface area contributed by atoms with Gasteiger partial charge in [0.2, 0.25) is 0 Å². The smallest absolute Gasteiger partial charge is 0.125 e. The summed E-state index contributed by atoms with van der Waals surface area (Å²) < 4.78 is 12.7.